The summed E-state index contributed by atoms with van der Waals surface area (Å²) in [6.07, 6.45) is 4.51. The van der Waals surface area contributed by atoms with E-state index in [9.17, 15) is 4.79 Å². The first-order valence-corrected chi connectivity index (χ1v) is 5.72. The molecule has 0 aromatic carbocycles. The number of nitrogens with zero attached hydrogens (tertiary/aromatic N) is 1. The van der Waals surface area contributed by atoms with E-state index in [0.717, 1.165) is 25.9 Å². The Morgan fingerprint density at radius 1 is 1.41 bits per heavy atom. The van der Waals surface area contributed by atoms with E-state index in [1.54, 1.807) is 19.2 Å². The number of nitrogens with two attached hydrogens (primary N) is 1. The Morgan fingerprint density at radius 2 is 2.24 bits per heavy atom. The summed E-state index contributed by atoms with van der Waals surface area (Å²) in [5.74, 6) is 0.311. The van der Waals surface area contributed by atoms with Crippen LogP contribution in [0.2, 0.25) is 0 Å². The summed E-state index contributed by atoms with van der Waals surface area (Å²) < 4.78 is 4.94. The van der Waals surface area contributed by atoms with Gasteiger partial charge in [-0.2, -0.15) is 0 Å². The third kappa shape index (κ3) is 5.31. The second kappa shape index (κ2) is 7.62. The Hall–Kier alpha value is -1.62. The lowest BCUT2D eigenvalue weighted by Gasteiger charge is -2.05. The van der Waals surface area contributed by atoms with E-state index < -0.39 is 0 Å². The monoisotopic (exact) mass is 237 g/mol. The molecule has 0 unspecified atom stereocenters. The zero-order valence-corrected chi connectivity index (χ0v) is 10.1. The van der Waals surface area contributed by atoms with Gasteiger partial charge in [0.2, 0.25) is 0 Å². The molecule has 1 aromatic rings. The van der Waals surface area contributed by atoms with Crippen LogP contribution in [0.25, 0.3) is 0 Å². The number of pyridine rings is 1. The minimum atomic E-state index is -0.107. The Labute approximate surface area is 101 Å². The van der Waals surface area contributed by atoms with E-state index in [-0.39, 0.29) is 5.91 Å². The van der Waals surface area contributed by atoms with Crippen molar-refractivity contribution in [3.8, 4) is 0 Å². The molecule has 94 valence electrons. The second-order valence-electron chi connectivity index (χ2n) is 3.78. The molecule has 0 aliphatic heterocycles. The third-order valence-corrected chi connectivity index (χ3v) is 2.36. The number of carbonyl (C=O) groups excluding carboxylic acids is 1. The minimum Gasteiger partial charge on any atom is -0.385 e. The molecular formula is C12H19N3O2. The van der Waals surface area contributed by atoms with Gasteiger partial charge in [-0.1, -0.05) is 0 Å². The van der Waals surface area contributed by atoms with Gasteiger partial charge in [0.05, 0.1) is 5.56 Å². The van der Waals surface area contributed by atoms with Crippen LogP contribution in [0.15, 0.2) is 18.3 Å². The summed E-state index contributed by atoms with van der Waals surface area (Å²) in [5.41, 5.74) is 5.98. The number of anilines is 1. The van der Waals surface area contributed by atoms with Gasteiger partial charge in [0.15, 0.2) is 0 Å². The molecule has 1 rings (SSSR count). The Balaban J connectivity index is 2.19. The van der Waals surface area contributed by atoms with Crippen molar-refractivity contribution in [2.24, 2.45) is 0 Å². The second-order valence-corrected chi connectivity index (χ2v) is 3.78. The molecule has 5 nitrogen and oxygen atoms in total. The van der Waals surface area contributed by atoms with Crippen molar-refractivity contribution in [2.45, 2.75) is 19.3 Å². The summed E-state index contributed by atoms with van der Waals surface area (Å²) in [7, 11) is 1.69. The molecule has 0 bridgehead atoms. The summed E-state index contributed by atoms with van der Waals surface area (Å²) >= 11 is 0. The molecule has 1 amide bonds. The van der Waals surface area contributed by atoms with Gasteiger partial charge in [0.1, 0.15) is 5.82 Å². The van der Waals surface area contributed by atoms with Gasteiger partial charge in [-0.3, -0.25) is 4.79 Å². The molecule has 0 spiro atoms. The zero-order chi connectivity index (χ0) is 12.5. The van der Waals surface area contributed by atoms with E-state index >= 15 is 0 Å². The predicted octanol–water partition coefficient (Wildman–Crippen LogP) is 1.21. The normalized spacial score (nSPS) is 10.2. The van der Waals surface area contributed by atoms with Crippen molar-refractivity contribution >= 4 is 11.7 Å². The van der Waals surface area contributed by atoms with Crippen LogP contribution in [0.4, 0.5) is 5.82 Å². The molecule has 0 radical (unpaired) electrons. The van der Waals surface area contributed by atoms with Crippen LogP contribution in [0.3, 0.4) is 0 Å². The van der Waals surface area contributed by atoms with Crippen molar-refractivity contribution < 1.29 is 9.53 Å². The minimum absolute atomic E-state index is 0.107. The maximum Gasteiger partial charge on any atom is 0.252 e. The van der Waals surface area contributed by atoms with E-state index in [1.165, 1.54) is 6.20 Å². The molecule has 1 aromatic heterocycles. The van der Waals surface area contributed by atoms with E-state index in [4.69, 9.17) is 10.5 Å². The molecule has 0 fully saturated rings. The van der Waals surface area contributed by atoms with Crippen LogP contribution in [0.5, 0.6) is 0 Å². The van der Waals surface area contributed by atoms with E-state index in [1.807, 2.05) is 0 Å². The van der Waals surface area contributed by atoms with E-state index in [2.05, 4.69) is 10.3 Å². The van der Waals surface area contributed by atoms with Gasteiger partial charge in [-0.25, -0.2) is 4.98 Å². The van der Waals surface area contributed by atoms with Gasteiger partial charge < -0.3 is 15.8 Å². The highest BCUT2D eigenvalue weighted by Gasteiger charge is 2.04. The van der Waals surface area contributed by atoms with Gasteiger partial charge in [-0.15, -0.1) is 0 Å². The SMILES string of the molecule is COCCCCCNC(=O)c1ccc(N)nc1. The maximum atomic E-state index is 11.6. The molecular weight excluding hydrogens is 218 g/mol. The first-order valence-electron chi connectivity index (χ1n) is 5.72. The van der Waals surface area contributed by atoms with Gasteiger partial charge in [0.25, 0.3) is 5.91 Å². The molecule has 0 aliphatic carbocycles. The van der Waals surface area contributed by atoms with Crippen molar-refractivity contribution in [2.75, 3.05) is 26.0 Å². The van der Waals surface area contributed by atoms with Gasteiger partial charge in [0, 0.05) is 26.5 Å². The molecule has 5 heteroatoms. The van der Waals surface area contributed by atoms with Crippen molar-refractivity contribution in [3.63, 3.8) is 0 Å². The number of unbranched alkanes of at least 4 members (excludes halogenated alkanes) is 2. The van der Waals surface area contributed by atoms with Gasteiger partial charge >= 0.3 is 0 Å². The van der Waals surface area contributed by atoms with Crippen LogP contribution < -0.4 is 11.1 Å². The smallest absolute Gasteiger partial charge is 0.252 e. The number of hydrogen-bond donors (Lipinski definition) is 2. The number of nitrogens with one attached hydrogen (secondary N) is 1. The van der Waals surface area contributed by atoms with E-state index in [0.29, 0.717) is 17.9 Å². The molecule has 0 aliphatic rings. The first kappa shape index (κ1) is 13.4. The quantitative estimate of drug-likeness (QED) is 0.699. The highest BCUT2D eigenvalue weighted by atomic mass is 16.5. The Bertz CT molecular complexity index is 338. The van der Waals surface area contributed by atoms with Crippen LogP contribution in [0.1, 0.15) is 29.6 Å². The highest BCUT2D eigenvalue weighted by molar-refractivity contribution is 5.93. The molecule has 0 saturated heterocycles. The highest BCUT2D eigenvalue weighted by Crippen LogP contribution is 2.01. The number of carbonyl (C=O) groups is 1. The summed E-state index contributed by atoms with van der Waals surface area (Å²) in [6, 6.07) is 3.29. The number of rotatable bonds is 7. The average Bonchev–Trinajstić information content (AvgIpc) is 2.34. The summed E-state index contributed by atoms with van der Waals surface area (Å²) in [6.45, 7) is 1.45. The fourth-order valence-electron chi connectivity index (χ4n) is 1.39. The van der Waals surface area contributed by atoms with Crippen molar-refractivity contribution in [3.05, 3.63) is 23.9 Å². The number of amides is 1. The molecule has 0 saturated carbocycles. The summed E-state index contributed by atoms with van der Waals surface area (Å²) in [4.78, 5) is 15.5. The number of hydrogen-bond acceptors (Lipinski definition) is 4. The third-order valence-electron chi connectivity index (χ3n) is 2.36. The fraction of sp³-hybridized carbons (Fsp3) is 0.500. The zero-order valence-electron chi connectivity index (χ0n) is 10.1. The number of ether oxygens (including phenoxy) is 1. The predicted molar refractivity (Wildman–Crippen MR) is 66.7 cm³/mol. The van der Waals surface area contributed by atoms with Gasteiger partial charge in [-0.05, 0) is 31.4 Å². The van der Waals surface area contributed by atoms with Crippen LogP contribution >= 0.6 is 0 Å². The molecule has 0 atom stereocenters. The number of aromatic nitrogens is 1. The first-order chi connectivity index (χ1) is 8.24. The maximum absolute atomic E-state index is 11.6. The van der Waals surface area contributed by atoms with Crippen LogP contribution in [-0.4, -0.2) is 31.2 Å². The summed E-state index contributed by atoms with van der Waals surface area (Å²) in [5, 5.41) is 2.83. The van der Waals surface area contributed by atoms with Crippen molar-refractivity contribution in [1.29, 1.82) is 0 Å². The van der Waals surface area contributed by atoms with Crippen LogP contribution in [-0.2, 0) is 4.74 Å². The number of nitrogen functional groups attached to an aromatic ring is 1. The lowest BCUT2D eigenvalue weighted by atomic mass is 10.2. The fourth-order valence-corrected chi connectivity index (χ4v) is 1.39. The Morgan fingerprint density at radius 3 is 2.88 bits per heavy atom. The molecule has 1 heterocycles. The lowest BCUT2D eigenvalue weighted by molar-refractivity contribution is 0.0952. The average molecular weight is 237 g/mol. The lowest BCUT2D eigenvalue weighted by Crippen LogP contribution is -2.24. The standard InChI is InChI=1S/C12H19N3O2/c1-17-8-4-2-3-7-14-12(16)10-5-6-11(13)15-9-10/h5-6,9H,2-4,7-8H2,1H3,(H2,13,15)(H,14,16). The number of methoxy groups -OCH3 is 1. The Kier molecular flexibility index (Phi) is 6.03. The molecule has 17 heavy (non-hydrogen) atoms. The van der Waals surface area contributed by atoms with Crippen molar-refractivity contribution in [1.82, 2.24) is 10.3 Å². The molecule has 3 N–H and O–H groups in total. The topological polar surface area (TPSA) is 77.2 Å². The van der Waals surface area contributed by atoms with Crippen LogP contribution in [0, 0.1) is 0 Å². The largest absolute Gasteiger partial charge is 0.385 e.